The van der Waals surface area contributed by atoms with Gasteiger partial charge in [0.15, 0.2) is 0 Å². The van der Waals surface area contributed by atoms with Gasteiger partial charge in [0.25, 0.3) is 11.8 Å². The monoisotopic (exact) mass is 429 g/mol. The summed E-state index contributed by atoms with van der Waals surface area (Å²) >= 11 is 1.14. The van der Waals surface area contributed by atoms with Crippen LogP contribution in [0.3, 0.4) is 0 Å². The molecule has 160 valence electrons. The average molecular weight is 430 g/mol. The second-order valence-electron chi connectivity index (χ2n) is 8.23. The quantitative estimate of drug-likeness (QED) is 0.709. The van der Waals surface area contributed by atoms with Crippen molar-refractivity contribution in [3.05, 3.63) is 40.4 Å². The van der Waals surface area contributed by atoms with Gasteiger partial charge in [0.1, 0.15) is 10.9 Å². The SMILES string of the molecule is Cc1ccccc1N1CCN(C(=O)C2=C3NC(=O)N(CC(C)C)C(=O)C3NS2)CC1. The Balaban J connectivity index is 1.45. The maximum absolute atomic E-state index is 13.2. The van der Waals surface area contributed by atoms with Crippen LogP contribution in [-0.4, -0.2) is 66.4 Å². The van der Waals surface area contributed by atoms with Crippen LogP contribution >= 0.6 is 11.9 Å². The van der Waals surface area contributed by atoms with Gasteiger partial charge in [0.05, 0.1) is 5.70 Å². The molecule has 3 heterocycles. The summed E-state index contributed by atoms with van der Waals surface area (Å²) in [6.45, 7) is 9.02. The summed E-state index contributed by atoms with van der Waals surface area (Å²) in [6, 6.07) is 7.10. The third-order valence-electron chi connectivity index (χ3n) is 5.58. The lowest BCUT2D eigenvalue weighted by atomic mass is 10.1. The largest absolute Gasteiger partial charge is 0.368 e. The van der Waals surface area contributed by atoms with Crippen molar-refractivity contribution in [2.45, 2.75) is 26.8 Å². The number of benzene rings is 1. The van der Waals surface area contributed by atoms with Gasteiger partial charge in [-0.1, -0.05) is 32.0 Å². The number of hydrogen-bond donors (Lipinski definition) is 2. The molecule has 8 nitrogen and oxygen atoms in total. The number of urea groups is 1. The molecule has 2 fully saturated rings. The van der Waals surface area contributed by atoms with E-state index in [1.165, 1.54) is 16.2 Å². The van der Waals surface area contributed by atoms with Crippen LogP contribution in [0.4, 0.5) is 10.5 Å². The van der Waals surface area contributed by atoms with Gasteiger partial charge in [-0.3, -0.25) is 14.5 Å². The van der Waals surface area contributed by atoms with Crippen LogP contribution < -0.4 is 14.9 Å². The lowest BCUT2D eigenvalue weighted by Gasteiger charge is -2.37. The third kappa shape index (κ3) is 3.79. The first-order valence-electron chi connectivity index (χ1n) is 10.3. The zero-order chi connectivity index (χ0) is 21.4. The lowest BCUT2D eigenvalue weighted by molar-refractivity contribution is -0.130. The molecular weight excluding hydrogens is 402 g/mol. The maximum atomic E-state index is 13.2. The van der Waals surface area contributed by atoms with Crippen molar-refractivity contribution >= 4 is 35.5 Å². The predicted octanol–water partition coefficient (Wildman–Crippen LogP) is 1.68. The van der Waals surface area contributed by atoms with Crippen molar-refractivity contribution in [2.24, 2.45) is 5.92 Å². The minimum Gasteiger partial charge on any atom is -0.368 e. The van der Waals surface area contributed by atoms with E-state index < -0.39 is 12.1 Å². The molecule has 1 aromatic carbocycles. The molecule has 3 aliphatic heterocycles. The molecule has 9 heteroatoms. The van der Waals surface area contributed by atoms with E-state index in [9.17, 15) is 14.4 Å². The number of para-hydroxylation sites is 1. The summed E-state index contributed by atoms with van der Waals surface area (Å²) in [5.41, 5.74) is 2.80. The van der Waals surface area contributed by atoms with Gasteiger partial charge in [0.2, 0.25) is 0 Å². The molecule has 1 unspecified atom stereocenters. The van der Waals surface area contributed by atoms with Gasteiger partial charge in [-0.05, 0) is 36.4 Å². The highest BCUT2D eigenvalue weighted by Gasteiger charge is 2.45. The Kier molecular flexibility index (Phi) is 5.75. The number of carbonyl (C=O) groups is 3. The molecule has 0 aliphatic carbocycles. The average Bonchev–Trinajstić information content (AvgIpc) is 3.15. The van der Waals surface area contributed by atoms with Crippen molar-refractivity contribution in [1.82, 2.24) is 19.8 Å². The number of imide groups is 1. The van der Waals surface area contributed by atoms with E-state index >= 15 is 0 Å². The number of nitrogens with one attached hydrogen (secondary N) is 2. The summed E-state index contributed by atoms with van der Waals surface area (Å²) < 4.78 is 3.02. The second-order valence-corrected chi connectivity index (χ2v) is 9.08. The van der Waals surface area contributed by atoms with Crippen molar-refractivity contribution in [1.29, 1.82) is 0 Å². The first kappa shape index (κ1) is 20.7. The zero-order valence-corrected chi connectivity index (χ0v) is 18.3. The van der Waals surface area contributed by atoms with E-state index in [1.54, 1.807) is 4.90 Å². The fraction of sp³-hybridized carbons (Fsp3) is 0.476. The van der Waals surface area contributed by atoms with Gasteiger partial charge in [-0.25, -0.2) is 9.52 Å². The molecule has 4 amide bonds. The zero-order valence-electron chi connectivity index (χ0n) is 17.5. The van der Waals surface area contributed by atoms with Crippen molar-refractivity contribution in [3.8, 4) is 0 Å². The minimum absolute atomic E-state index is 0.139. The molecule has 0 saturated carbocycles. The normalized spacial score (nSPS) is 22.0. The first-order valence-corrected chi connectivity index (χ1v) is 11.1. The molecule has 0 spiro atoms. The van der Waals surface area contributed by atoms with Crippen LogP contribution in [0, 0.1) is 12.8 Å². The number of nitrogens with zero attached hydrogens (tertiary/aromatic N) is 3. The highest BCUT2D eigenvalue weighted by molar-refractivity contribution is 8.02. The number of aryl methyl sites for hydroxylation is 1. The van der Waals surface area contributed by atoms with E-state index in [1.807, 2.05) is 26.0 Å². The second kappa shape index (κ2) is 8.31. The highest BCUT2D eigenvalue weighted by atomic mass is 32.2. The Morgan fingerprint density at radius 2 is 1.87 bits per heavy atom. The Morgan fingerprint density at radius 3 is 2.53 bits per heavy atom. The summed E-state index contributed by atoms with van der Waals surface area (Å²) in [6.07, 6.45) is 0. The third-order valence-corrected chi connectivity index (χ3v) is 6.53. The number of carbonyl (C=O) groups excluding carboxylic acids is 3. The lowest BCUT2D eigenvalue weighted by Crippen LogP contribution is -2.58. The van der Waals surface area contributed by atoms with Crippen LogP contribution in [0.1, 0.15) is 19.4 Å². The number of fused-ring (bicyclic) bond motifs is 1. The molecule has 0 radical (unpaired) electrons. The van der Waals surface area contributed by atoms with Crippen molar-refractivity contribution in [2.75, 3.05) is 37.6 Å². The smallest absolute Gasteiger partial charge is 0.328 e. The molecule has 3 aliphatic rings. The van der Waals surface area contributed by atoms with Gasteiger partial charge in [-0.2, -0.15) is 0 Å². The molecule has 1 aromatic rings. The van der Waals surface area contributed by atoms with Crippen LogP contribution in [0.15, 0.2) is 34.9 Å². The minimum atomic E-state index is -0.682. The Morgan fingerprint density at radius 1 is 1.17 bits per heavy atom. The molecule has 4 rings (SSSR count). The van der Waals surface area contributed by atoms with E-state index in [0.29, 0.717) is 30.2 Å². The molecule has 0 bridgehead atoms. The fourth-order valence-electron chi connectivity index (χ4n) is 4.01. The molecule has 0 aromatic heterocycles. The van der Waals surface area contributed by atoms with E-state index in [2.05, 4.69) is 34.0 Å². The van der Waals surface area contributed by atoms with Gasteiger partial charge in [-0.15, -0.1) is 0 Å². The summed E-state index contributed by atoms with van der Waals surface area (Å²) in [4.78, 5) is 44.1. The fourth-order valence-corrected chi connectivity index (χ4v) is 4.96. The molecule has 1 atom stereocenters. The Labute approximate surface area is 180 Å². The molecular formula is C21H27N5O3S. The number of hydrogen-bond acceptors (Lipinski definition) is 6. The molecule has 2 saturated heterocycles. The highest BCUT2D eigenvalue weighted by Crippen LogP contribution is 2.32. The van der Waals surface area contributed by atoms with Crippen LogP contribution in [0.2, 0.25) is 0 Å². The Bertz CT molecular complexity index is 908. The Hall–Kier alpha value is -2.52. The van der Waals surface area contributed by atoms with E-state index in [4.69, 9.17) is 0 Å². The summed E-state index contributed by atoms with van der Waals surface area (Å²) in [5.74, 6) is -0.271. The summed E-state index contributed by atoms with van der Waals surface area (Å²) in [5, 5.41) is 2.78. The molecule has 2 N–H and O–H groups in total. The number of amides is 4. The molecule has 30 heavy (non-hydrogen) atoms. The number of piperazine rings is 1. The van der Waals surface area contributed by atoms with Crippen LogP contribution in [-0.2, 0) is 9.59 Å². The van der Waals surface area contributed by atoms with Crippen molar-refractivity contribution in [3.63, 3.8) is 0 Å². The predicted molar refractivity (Wildman–Crippen MR) is 117 cm³/mol. The van der Waals surface area contributed by atoms with Gasteiger partial charge < -0.3 is 15.1 Å². The van der Waals surface area contributed by atoms with Gasteiger partial charge in [0, 0.05) is 38.4 Å². The van der Waals surface area contributed by atoms with E-state index in [-0.39, 0.29) is 17.7 Å². The standard InChI is InChI=1S/C21H27N5O3S/c1-13(2)12-26-19(27)17-16(22-21(26)29)18(30-23-17)20(28)25-10-8-24(9-11-25)15-7-5-4-6-14(15)3/h4-7,13,17,23H,8-12H2,1-3H3,(H,22,29). The van der Waals surface area contributed by atoms with Crippen molar-refractivity contribution < 1.29 is 14.4 Å². The first-order chi connectivity index (χ1) is 14.4. The number of anilines is 1. The van der Waals surface area contributed by atoms with Crippen LogP contribution in [0.5, 0.6) is 0 Å². The van der Waals surface area contributed by atoms with Crippen LogP contribution in [0.25, 0.3) is 0 Å². The topological polar surface area (TPSA) is 85.0 Å². The number of rotatable bonds is 4. The van der Waals surface area contributed by atoms with Gasteiger partial charge >= 0.3 is 6.03 Å². The maximum Gasteiger partial charge on any atom is 0.328 e. The summed E-state index contributed by atoms with van der Waals surface area (Å²) in [7, 11) is 0. The van der Waals surface area contributed by atoms with E-state index in [0.717, 1.165) is 25.0 Å².